The van der Waals surface area contributed by atoms with Gasteiger partial charge in [0.15, 0.2) is 6.29 Å². The van der Waals surface area contributed by atoms with Crippen molar-refractivity contribution in [3.8, 4) is 0 Å². The third kappa shape index (κ3) is 5.00. The SMILES string of the molecule is C[C@@H]1CC[C@@H]2C(C(=O)O[C@@H]3O[C@H](CO)[C@@H](O)[C@H](O)[C@@H]3O)=CO[C@@H](OC3O[C@@H](CO)[C@@H](O)[C@H](O)[C@@H]3O)[C@H]12. The Hall–Kier alpha value is -1.43. The van der Waals surface area contributed by atoms with Gasteiger partial charge < -0.3 is 64.5 Å². The molecule has 36 heavy (non-hydrogen) atoms. The van der Waals surface area contributed by atoms with Crippen LogP contribution in [0.3, 0.4) is 0 Å². The number of esters is 1. The molecular formula is C22H34O14. The predicted molar refractivity (Wildman–Crippen MR) is 113 cm³/mol. The highest BCUT2D eigenvalue weighted by Crippen LogP contribution is 2.47. The zero-order valence-corrected chi connectivity index (χ0v) is 19.5. The van der Waals surface area contributed by atoms with Crippen molar-refractivity contribution in [3.63, 3.8) is 0 Å². The third-order valence-corrected chi connectivity index (χ3v) is 7.52. The molecule has 206 valence electrons. The smallest absolute Gasteiger partial charge is 0.339 e. The van der Waals surface area contributed by atoms with Gasteiger partial charge in [0.1, 0.15) is 48.8 Å². The number of carbonyl (C=O) groups is 1. The highest BCUT2D eigenvalue weighted by molar-refractivity contribution is 5.89. The summed E-state index contributed by atoms with van der Waals surface area (Å²) in [6, 6.07) is 0. The minimum atomic E-state index is -1.75. The lowest BCUT2D eigenvalue weighted by Gasteiger charge is -2.43. The predicted octanol–water partition coefficient (Wildman–Crippen LogP) is -3.95. The van der Waals surface area contributed by atoms with E-state index in [9.17, 15) is 45.6 Å². The van der Waals surface area contributed by atoms with E-state index in [1.165, 1.54) is 0 Å². The monoisotopic (exact) mass is 522 g/mol. The van der Waals surface area contributed by atoms with Crippen LogP contribution in [0.5, 0.6) is 0 Å². The van der Waals surface area contributed by atoms with E-state index in [1.807, 2.05) is 6.92 Å². The van der Waals surface area contributed by atoms with E-state index < -0.39 is 98.7 Å². The van der Waals surface area contributed by atoms with Crippen molar-refractivity contribution in [2.45, 2.75) is 87.5 Å². The Kier molecular flexibility index (Phi) is 8.53. The largest absolute Gasteiger partial charge is 0.472 e. The van der Waals surface area contributed by atoms with Crippen molar-refractivity contribution in [1.82, 2.24) is 0 Å². The minimum absolute atomic E-state index is 0.00588. The molecule has 14 atom stereocenters. The zero-order chi connectivity index (χ0) is 26.3. The number of ether oxygens (including phenoxy) is 5. The second-order valence-corrected chi connectivity index (χ2v) is 9.75. The van der Waals surface area contributed by atoms with Crippen LogP contribution in [0, 0.1) is 17.8 Å². The summed E-state index contributed by atoms with van der Waals surface area (Å²) in [5.74, 6) is -1.72. The quantitative estimate of drug-likeness (QED) is 0.156. The topological polar surface area (TPSA) is 225 Å². The first kappa shape index (κ1) is 27.6. The molecule has 4 rings (SSSR count). The van der Waals surface area contributed by atoms with Gasteiger partial charge in [0.2, 0.25) is 12.6 Å². The maximum Gasteiger partial charge on any atom is 0.339 e. The Labute approximate surface area is 206 Å². The number of rotatable bonds is 6. The molecule has 0 radical (unpaired) electrons. The van der Waals surface area contributed by atoms with E-state index in [0.29, 0.717) is 12.8 Å². The summed E-state index contributed by atoms with van der Waals surface area (Å²) in [5.41, 5.74) is 0.120. The number of hydrogen-bond donors (Lipinski definition) is 8. The van der Waals surface area contributed by atoms with E-state index in [2.05, 4.69) is 0 Å². The summed E-state index contributed by atoms with van der Waals surface area (Å²) in [6.45, 7) is 0.625. The fraction of sp³-hybridized carbons (Fsp3) is 0.864. The summed E-state index contributed by atoms with van der Waals surface area (Å²) in [6.07, 6.45) is -13.9. The van der Waals surface area contributed by atoms with E-state index in [1.54, 1.807) is 0 Å². The molecule has 0 spiro atoms. The van der Waals surface area contributed by atoms with Gasteiger partial charge in [-0.3, -0.25) is 0 Å². The number of carbonyl (C=O) groups excluding carboxylic acids is 1. The van der Waals surface area contributed by atoms with Crippen molar-refractivity contribution >= 4 is 5.97 Å². The second-order valence-electron chi connectivity index (χ2n) is 9.75. The van der Waals surface area contributed by atoms with Crippen LogP contribution in [0.15, 0.2) is 11.8 Å². The van der Waals surface area contributed by atoms with Crippen LogP contribution >= 0.6 is 0 Å². The van der Waals surface area contributed by atoms with Crippen molar-refractivity contribution < 1.29 is 69.3 Å². The Morgan fingerprint density at radius 3 is 1.97 bits per heavy atom. The fourth-order valence-electron chi connectivity index (χ4n) is 5.34. The van der Waals surface area contributed by atoms with Crippen LogP contribution in [-0.2, 0) is 28.5 Å². The number of fused-ring (bicyclic) bond motifs is 1. The molecule has 0 aromatic rings. The zero-order valence-electron chi connectivity index (χ0n) is 19.5. The molecule has 8 N–H and O–H groups in total. The first-order valence-electron chi connectivity index (χ1n) is 11.9. The van der Waals surface area contributed by atoms with Gasteiger partial charge in [-0.2, -0.15) is 0 Å². The van der Waals surface area contributed by atoms with Gasteiger partial charge >= 0.3 is 5.97 Å². The summed E-state index contributed by atoms with van der Waals surface area (Å²) >= 11 is 0. The summed E-state index contributed by atoms with van der Waals surface area (Å²) in [7, 11) is 0. The van der Waals surface area contributed by atoms with E-state index in [-0.39, 0.29) is 11.5 Å². The highest BCUT2D eigenvalue weighted by Gasteiger charge is 2.52. The van der Waals surface area contributed by atoms with E-state index >= 15 is 0 Å². The molecule has 0 aromatic carbocycles. The van der Waals surface area contributed by atoms with Crippen molar-refractivity contribution in [2.75, 3.05) is 13.2 Å². The van der Waals surface area contributed by atoms with E-state index in [4.69, 9.17) is 23.7 Å². The third-order valence-electron chi connectivity index (χ3n) is 7.52. The molecule has 4 aliphatic rings. The fourth-order valence-corrected chi connectivity index (χ4v) is 5.34. The number of aliphatic hydroxyl groups is 8. The summed E-state index contributed by atoms with van der Waals surface area (Å²) in [4.78, 5) is 13.0. The summed E-state index contributed by atoms with van der Waals surface area (Å²) in [5, 5.41) is 79.1. The molecular weight excluding hydrogens is 488 g/mol. The Bertz CT molecular complexity index is 804. The normalized spacial score (nSPS) is 49.1. The van der Waals surface area contributed by atoms with Crippen LogP contribution in [0.4, 0.5) is 0 Å². The Morgan fingerprint density at radius 2 is 1.39 bits per heavy atom. The molecule has 0 amide bonds. The molecule has 3 fully saturated rings. The van der Waals surface area contributed by atoms with Crippen molar-refractivity contribution in [2.24, 2.45) is 17.8 Å². The molecule has 2 saturated heterocycles. The Morgan fingerprint density at radius 1 is 0.833 bits per heavy atom. The molecule has 14 nitrogen and oxygen atoms in total. The van der Waals surface area contributed by atoms with Gasteiger partial charge in [0.25, 0.3) is 0 Å². The minimum Gasteiger partial charge on any atom is -0.472 e. The molecule has 1 unspecified atom stereocenters. The molecule has 0 aromatic heterocycles. The standard InChI is InChI=1S/C22H34O14/c1-7-2-3-8-9(19(31)35-21-17(29)15(27)13(25)10(4-23)33-21)6-32-20(12(7)8)36-22-18(30)16(28)14(26)11(5-24)34-22/h6-8,10-18,20-30H,2-5H2,1H3/t7-,8-,10-,11+,12-,13-,14-,15+,16+,17+,18+,20+,21+,22?/m1/s1. The lowest BCUT2D eigenvalue weighted by Crippen LogP contribution is -2.60. The van der Waals surface area contributed by atoms with Crippen LogP contribution in [-0.4, -0.2) is 128 Å². The first-order valence-corrected chi connectivity index (χ1v) is 11.9. The summed E-state index contributed by atoms with van der Waals surface area (Å²) < 4.78 is 27.4. The van der Waals surface area contributed by atoms with Gasteiger partial charge in [-0.25, -0.2) is 4.79 Å². The number of hydrogen-bond acceptors (Lipinski definition) is 14. The second kappa shape index (κ2) is 11.1. The maximum atomic E-state index is 13.0. The van der Waals surface area contributed by atoms with Gasteiger partial charge in [-0.1, -0.05) is 6.92 Å². The van der Waals surface area contributed by atoms with E-state index in [0.717, 1.165) is 6.26 Å². The van der Waals surface area contributed by atoms with Crippen LogP contribution in [0.25, 0.3) is 0 Å². The van der Waals surface area contributed by atoms with Gasteiger partial charge in [-0.15, -0.1) is 0 Å². The molecule has 0 bridgehead atoms. The van der Waals surface area contributed by atoms with Crippen molar-refractivity contribution in [1.29, 1.82) is 0 Å². The Balaban J connectivity index is 1.47. The number of aliphatic hydroxyl groups excluding tert-OH is 8. The first-order chi connectivity index (χ1) is 17.1. The molecule has 14 heteroatoms. The van der Waals surface area contributed by atoms with Crippen molar-refractivity contribution in [3.05, 3.63) is 11.8 Å². The lowest BCUT2D eigenvalue weighted by atomic mass is 9.83. The van der Waals surface area contributed by atoms with Crippen LogP contribution < -0.4 is 0 Å². The van der Waals surface area contributed by atoms with Gasteiger partial charge in [0.05, 0.1) is 25.0 Å². The molecule has 3 heterocycles. The molecule has 3 aliphatic heterocycles. The average Bonchev–Trinajstić information content (AvgIpc) is 3.26. The lowest BCUT2D eigenvalue weighted by molar-refractivity contribution is -0.342. The molecule has 1 saturated carbocycles. The van der Waals surface area contributed by atoms with Crippen LogP contribution in [0.2, 0.25) is 0 Å². The molecule has 1 aliphatic carbocycles. The van der Waals surface area contributed by atoms with Gasteiger partial charge in [-0.05, 0) is 18.8 Å². The van der Waals surface area contributed by atoms with Gasteiger partial charge in [0, 0.05) is 11.8 Å². The average molecular weight is 523 g/mol. The maximum absolute atomic E-state index is 13.0. The van der Waals surface area contributed by atoms with Crippen LogP contribution in [0.1, 0.15) is 19.8 Å². The highest BCUT2D eigenvalue weighted by atomic mass is 16.8.